The van der Waals surface area contributed by atoms with Gasteiger partial charge in [0.25, 0.3) is 5.24 Å². The molecule has 0 N–H and O–H groups in total. The molecule has 0 amide bonds. The molecule has 0 saturated heterocycles. The summed E-state index contributed by atoms with van der Waals surface area (Å²) in [7, 11) is 1.91. The summed E-state index contributed by atoms with van der Waals surface area (Å²) in [6.07, 6.45) is 4.11. The summed E-state index contributed by atoms with van der Waals surface area (Å²) >= 11 is 5.36. The van der Waals surface area contributed by atoms with Crippen molar-refractivity contribution in [3.63, 3.8) is 0 Å². The number of hydrogen-bond acceptors (Lipinski definition) is 2. The maximum atomic E-state index is 10.8. The van der Waals surface area contributed by atoms with Crippen molar-refractivity contribution >= 4 is 16.8 Å². The lowest BCUT2D eigenvalue weighted by Gasteiger charge is -2.18. The fraction of sp³-hybridized carbons (Fsp3) is 0.625. The molecular formula is C8H12ClNO. The summed E-state index contributed by atoms with van der Waals surface area (Å²) in [5.41, 5.74) is 0.620. The number of carbonyl (C=O) groups is 1. The van der Waals surface area contributed by atoms with Crippen molar-refractivity contribution in [1.29, 1.82) is 0 Å². The van der Waals surface area contributed by atoms with Crippen LogP contribution in [0.2, 0.25) is 0 Å². The first-order chi connectivity index (χ1) is 5.16. The van der Waals surface area contributed by atoms with Gasteiger partial charge in [-0.3, -0.25) is 4.79 Å². The maximum Gasteiger partial charge on any atom is 0.268 e. The Balaban J connectivity index is 2.61. The second-order valence-corrected chi connectivity index (χ2v) is 3.13. The highest BCUT2D eigenvalue weighted by atomic mass is 35.5. The van der Waals surface area contributed by atoms with Crippen LogP contribution in [-0.2, 0) is 4.79 Å². The van der Waals surface area contributed by atoms with Crippen molar-refractivity contribution in [2.45, 2.75) is 25.8 Å². The lowest BCUT2D eigenvalue weighted by molar-refractivity contribution is -0.109. The van der Waals surface area contributed by atoms with E-state index in [1.165, 1.54) is 12.8 Å². The van der Waals surface area contributed by atoms with Crippen LogP contribution >= 0.6 is 11.6 Å². The molecule has 2 nitrogen and oxygen atoms in total. The fourth-order valence-electron chi connectivity index (χ4n) is 1.11. The average molecular weight is 174 g/mol. The molecule has 0 aliphatic heterocycles. The minimum atomic E-state index is -0.359. The van der Waals surface area contributed by atoms with Gasteiger partial charge in [-0.1, -0.05) is 6.08 Å². The van der Waals surface area contributed by atoms with Gasteiger partial charge in [-0.2, -0.15) is 0 Å². The molecule has 0 spiro atoms. The third kappa shape index (κ3) is 1.96. The van der Waals surface area contributed by atoms with Gasteiger partial charge in [0.05, 0.1) is 5.70 Å². The molecule has 1 aliphatic rings. The van der Waals surface area contributed by atoms with Crippen LogP contribution in [0.15, 0.2) is 11.8 Å². The maximum absolute atomic E-state index is 10.8. The molecule has 0 unspecified atom stereocenters. The quantitative estimate of drug-likeness (QED) is 0.479. The summed E-state index contributed by atoms with van der Waals surface area (Å²) in [5, 5.41) is -0.359. The summed E-state index contributed by atoms with van der Waals surface area (Å²) in [6, 6.07) is 0.545. The van der Waals surface area contributed by atoms with E-state index in [1.54, 1.807) is 6.08 Å². The number of carbonyl (C=O) groups excluding carboxylic acids is 1. The van der Waals surface area contributed by atoms with Gasteiger partial charge in [0, 0.05) is 13.1 Å². The third-order valence-corrected chi connectivity index (χ3v) is 2.14. The van der Waals surface area contributed by atoms with Crippen molar-refractivity contribution in [1.82, 2.24) is 4.90 Å². The van der Waals surface area contributed by atoms with Crippen LogP contribution in [0, 0.1) is 0 Å². The van der Waals surface area contributed by atoms with Crippen LogP contribution in [0.4, 0.5) is 0 Å². The molecule has 0 radical (unpaired) electrons. The number of likely N-dealkylation sites (N-methyl/N-ethyl adjacent to an activating group) is 1. The summed E-state index contributed by atoms with van der Waals surface area (Å²) in [6.45, 7) is 1.83. The molecule has 0 bridgehead atoms. The van der Waals surface area contributed by atoms with Gasteiger partial charge in [-0.25, -0.2) is 0 Å². The van der Waals surface area contributed by atoms with Gasteiger partial charge in [0.1, 0.15) is 0 Å². The van der Waals surface area contributed by atoms with Crippen molar-refractivity contribution < 1.29 is 4.79 Å². The zero-order chi connectivity index (χ0) is 8.43. The molecule has 1 rings (SSSR count). The molecule has 1 fully saturated rings. The van der Waals surface area contributed by atoms with E-state index in [0.29, 0.717) is 11.7 Å². The zero-order valence-electron chi connectivity index (χ0n) is 6.80. The summed E-state index contributed by atoms with van der Waals surface area (Å²) in [4.78, 5) is 12.8. The van der Waals surface area contributed by atoms with Gasteiger partial charge in [0.2, 0.25) is 0 Å². The molecule has 0 aromatic carbocycles. The molecule has 62 valence electrons. The molecule has 0 heterocycles. The van der Waals surface area contributed by atoms with Gasteiger partial charge in [-0.05, 0) is 31.4 Å². The molecule has 0 aromatic heterocycles. The predicted molar refractivity (Wildman–Crippen MR) is 45.4 cm³/mol. The number of allylic oxidation sites excluding steroid dienone is 2. The Kier molecular flexibility index (Phi) is 2.55. The zero-order valence-corrected chi connectivity index (χ0v) is 7.56. The second kappa shape index (κ2) is 3.26. The minimum absolute atomic E-state index is 0.359. The highest BCUT2D eigenvalue weighted by Gasteiger charge is 2.28. The summed E-state index contributed by atoms with van der Waals surface area (Å²) < 4.78 is 0. The van der Waals surface area contributed by atoms with Crippen molar-refractivity contribution in [3.05, 3.63) is 11.8 Å². The summed E-state index contributed by atoms with van der Waals surface area (Å²) in [5.74, 6) is 0. The standard InChI is InChI=1S/C8H12ClNO/c1-3-7(8(9)11)10(2)6-4-5-6/h3,6H,4-5H2,1-2H3. The lowest BCUT2D eigenvalue weighted by atomic mass is 10.4. The Hall–Kier alpha value is -0.500. The van der Waals surface area contributed by atoms with Crippen molar-refractivity contribution in [2.24, 2.45) is 0 Å². The monoisotopic (exact) mass is 173 g/mol. The van der Waals surface area contributed by atoms with Crippen LogP contribution in [0.5, 0.6) is 0 Å². The van der Waals surface area contributed by atoms with E-state index in [1.807, 2.05) is 18.9 Å². The Bertz CT molecular complexity index is 196. The van der Waals surface area contributed by atoms with E-state index < -0.39 is 0 Å². The van der Waals surface area contributed by atoms with E-state index in [2.05, 4.69) is 0 Å². The number of nitrogens with zero attached hydrogens (tertiary/aromatic N) is 1. The van der Waals surface area contributed by atoms with Gasteiger partial charge < -0.3 is 4.90 Å². The highest BCUT2D eigenvalue weighted by Crippen LogP contribution is 2.28. The Morgan fingerprint density at radius 3 is 2.45 bits per heavy atom. The van der Waals surface area contributed by atoms with Crippen molar-refractivity contribution in [3.8, 4) is 0 Å². The van der Waals surface area contributed by atoms with Crippen molar-refractivity contribution in [2.75, 3.05) is 7.05 Å². The third-order valence-electron chi connectivity index (χ3n) is 1.95. The normalized spacial score (nSPS) is 18.3. The van der Waals surface area contributed by atoms with Crippen LogP contribution in [0.1, 0.15) is 19.8 Å². The van der Waals surface area contributed by atoms with Gasteiger partial charge >= 0.3 is 0 Å². The van der Waals surface area contributed by atoms with E-state index in [0.717, 1.165) is 0 Å². The molecule has 1 saturated carbocycles. The van der Waals surface area contributed by atoms with E-state index in [-0.39, 0.29) is 5.24 Å². The topological polar surface area (TPSA) is 20.3 Å². The van der Waals surface area contributed by atoms with E-state index in [4.69, 9.17) is 11.6 Å². The number of hydrogen-bond donors (Lipinski definition) is 0. The van der Waals surface area contributed by atoms with Gasteiger partial charge in [0.15, 0.2) is 0 Å². The Labute approximate surface area is 71.8 Å². The molecule has 0 aromatic rings. The van der Waals surface area contributed by atoms with Crippen LogP contribution in [0.3, 0.4) is 0 Å². The first kappa shape index (κ1) is 8.60. The molecule has 0 atom stereocenters. The second-order valence-electron chi connectivity index (χ2n) is 2.79. The smallest absolute Gasteiger partial charge is 0.268 e. The van der Waals surface area contributed by atoms with Gasteiger partial charge in [-0.15, -0.1) is 0 Å². The highest BCUT2D eigenvalue weighted by molar-refractivity contribution is 6.67. The number of halogens is 1. The van der Waals surface area contributed by atoms with E-state index in [9.17, 15) is 4.79 Å². The molecule has 11 heavy (non-hydrogen) atoms. The Morgan fingerprint density at radius 2 is 2.18 bits per heavy atom. The fourth-order valence-corrected chi connectivity index (χ4v) is 1.36. The largest absolute Gasteiger partial charge is 0.368 e. The average Bonchev–Trinajstić information content (AvgIpc) is 2.68. The first-order valence-corrected chi connectivity index (χ1v) is 4.13. The lowest BCUT2D eigenvalue weighted by Crippen LogP contribution is -2.23. The molecular weight excluding hydrogens is 162 g/mol. The Morgan fingerprint density at radius 1 is 1.64 bits per heavy atom. The molecule has 3 heteroatoms. The van der Waals surface area contributed by atoms with E-state index >= 15 is 0 Å². The first-order valence-electron chi connectivity index (χ1n) is 3.75. The molecule has 1 aliphatic carbocycles. The number of rotatable bonds is 3. The van der Waals surface area contributed by atoms with Crippen LogP contribution in [-0.4, -0.2) is 23.2 Å². The SMILES string of the molecule is CC=C(C(=O)Cl)N(C)C1CC1. The minimum Gasteiger partial charge on any atom is -0.368 e. The van der Waals surface area contributed by atoms with Crippen LogP contribution in [0.25, 0.3) is 0 Å². The van der Waals surface area contributed by atoms with Crippen LogP contribution < -0.4 is 0 Å². The predicted octanol–water partition coefficient (Wildman–Crippen LogP) is 1.75.